The van der Waals surface area contributed by atoms with Crippen LogP contribution in [0.3, 0.4) is 0 Å². The number of aromatic nitrogens is 5. The number of benzene rings is 3. The van der Waals surface area contributed by atoms with E-state index in [4.69, 9.17) is 10.00 Å². The summed E-state index contributed by atoms with van der Waals surface area (Å²) in [5, 5.41) is 18.7. The van der Waals surface area contributed by atoms with Crippen molar-refractivity contribution in [3.05, 3.63) is 95.1 Å². The highest BCUT2D eigenvalue weighted by Crippen LogP contribution is 2.21. The number of piperazine rings is 1. The van der Waals surface area contributed by atoms with Crippen LogP contribution in [0.2, 0.25) is 0 Å². The summed E-state index contributed by atoms with van der Waals surface area (Å²) < 4.78 is 18.8. The third-order valence-corrected chi connectivity index (χ3v) is 8.26. The average molecular weight is 678 g/mol. The molecular weight excluding hydrogens is 641 g/mol. The van der Waals surface area contributed by atoms with Crippen LogP contribution in [0.5, 0.6) is 0 Å². The van der Waals surface area contributed by atoms with E-state index in [1.807, 2.05) is 29.2 Å². The van der Waals surface area contributed by atoms with Gasteiger partial charge in [-0.3, -0.25) is 9.69 Å². The molecule has 256 valence electrons. The minimum Gasteiger partial charge on any atom is -0.467 e. The highest BCUT2D eigenvalue weighted by atomic mass is 19.1. The number of nitrogens with zero attached hydrogens (tertiary/aromatic N) is 7. The van der Waals surface area contributed by atoms with Crippen molar-refractivity contribution in [1.29, 1.82) is 5.26 Å². The second kappa shape index (κ2) is 15.4. The van der Waals surface area contributed by atoms with Crippen molar-refractivity contribution in [3.8, 4) is 6.07 Å². The van der Waals surface area contributed by atoms with Crippen LogP contribution in [-0.2, 0) is 33.8 Å². The first-order valence-corrected chi connectivity index (χ1v) is 16.1. The number of H-pyrrole nitrogens is 1. The van der Waals surface area contributed by atoms with E-state index >= 15 is 0 Å². The minimum absolute atomic E-state index is 0.0936. The lowest BCUT2D eigenvalue weighted by molar-refractivity contribution is -0.141. The Morgan fingerprint density at radius 2 is 1.72 bits per heavy atom. The summed E-state index contributed by atoms with van der Waals surface area (Å²) in [4.78, 5) is 50.0. The lowest BCUT2D eigenvalue weighted by atomic mass is 10.0. The van der Waals surface area contributed by atoms with E-state index in [0.29, 0.717) is 35.5 Å². The number of anilines is 4. The van der Waals surface area contributed by atoms with Crippen LogP contribution < -0.4 is 16.0 Å². The Labute approximate surface area is 287 Å². The number of ether oxygens (including phenoxy) is 1. The predicted octanol–water partition coefficient (Wildman–Crippen LogP) is 3.97. The lowest BCUT2D eigenvalue weighted by Gasteiger charge is -2.34. The van der Waals surface area contributed by atoms with Gasteiger partial charge in [-0.15, -0.1) is 0 Å². The van der Waals surface area contributed by atoms with Crippen molar-refractivity contribution in [3.63, 3.8) is 0 Å². The van der Waals surface area contributed by atoms with Crippen LogP contribution in [-0.4, -0.2) is 85.9 Å². The summed E-state index contributed by atoms with van der Waals surface area (Å²) in [6, 6.07) is 20.4. The van der Waals surface area contributed by atoms with Gasteiger partial charge in [0.1, 0.15) is 17.7 Å². The molecule has 1 aliphatic rings. The molecule has 0 aliphatic carbocycles. The first-order chi connectivity index (χ1) is 24.2. The predicted molar refractivity (Wildman–Crippen MR) is 185 cm³/mol. The topological polar surface area (TPSA) is 177 Å². The number of amides is 1. The summed E-state index contributed by atoms with van der Waals surface area (Å²) in [5.41, 5.74) is 4.31. The van der Waals surface area contributed by atoms with Crippen LogP contribution in [0.15, 0.2) is 66.7 Å². The summed E-state index contributed by atoms with van der Waals surface area (Å²) in [6.07, 6.45) is 0.244. The van der Waals surface area contributed by atoms with Gasteiger partial charge >= 0.3 is 5.97 Å². The number of imidazole rings is 1. The molecule has 4 N–H and O–H groups in total. The number of nitrogens with one attached hydrogen (secondary N) is 4. The monoisotopic (exact) mass is 677 g/mol. The fourth-order valence-electron chi connectivity index (χ4n) is 5.65. The number of aromatic amines is 1. The van der Waals surface area contributed by atoms with Gasteiger partial charge in [-0.2, -0.15) is 20.2 Å². The number of carbonyl (C=O) groups is 2. The molecule has 1 amide bonds. The molecule has 0 unspecified atom stereocenters. The molecule has 1 atom stereocenters. The zero-order valence-corrected chi connectivity index (χ0v) is 27.6. The molecule has 0 spiro atoms. The van der Waals surface area contributed by atoms with Gasteiger partial charge in [-0.05, 0) is 53.6 Å². The number of carbonyl (C=O) groups excluding carboxylic acids is 2. The van der Waals surface area contributed by atoms with E-state index in [1.54, 1.807) is 37.3 Å². The molecule has 0 saturated carbocycles. The maximum Gasteiger partial charge on any atom is 0.328 e. The lowest BCUT2D eigenvalue weighted by Crippen LogP contribution is -2.47. The quantitative estimate of drug-likeness (QED) is 0.140. The number of fused-ring (bicyclic) bond motifs is 1. The minimum atomic E-state index is -0.854. The molecule has 5 aromatic rings. The van der Waals surface area contributed by atoms with Crippen LogP contribution in [0.1, 0.15) is 29.4 Å². The molecule has 2 aromatic heterocycles. The molecule has 15 heteroatoms. The van der Waals surface area contributed by atoms with Gasteiger partial charge in [0, 0.05) is 51.8 Å². The van der Waals surface area contributed by atoms with Gasteiger partial charge in [0.25, 0.3) is 0 Å². The molecule has 14 nitrogen and oxygen atoms in total. The van der Waals surface area contributed by atoms with Crippen LogP contribution in [0, 0.1) is 17.1 Å². The molecule has 1 aliphatic heterocycles. The standard InChI is InChI=1S/C35H36FN11O3/c1-22(48)47-14-12-46(13-15-47)21-25-4-3-5-27(16-25)39-34-43-33(38-20-31-40-28-11-10-26(36)18-29(28)41-31)44-35(45-34)42-30(32(49)50-2)17-23-6-8-24(19-37)9-7-23/h3-11,16,18,30H,12-15,17,20-21H2,1-2H3,(H,40,41)(H3,38,39,42,43,44,45)/t30-/m0/s1. The number of halogens is 1. The molecule has 3 heterocycles. The second-order valence-corrected chi connectivity index (χ2v) is 11.8. The van der Waals surface area contributed by atoms with E-state index in [9.17, 15) is 14.0 Å². The second-order valence-electron chi connectivity index (χ2n) is 11.8. The Hall–Kier alpha value is -6.14. The highest BCUT2D eigenvalue weighted by Gasteiger charge is 2.22. The van der Waals surface area contributed by atoms with Crippen molar-refractivity contribution in [2.24, 2.45) is 0 Å². The summed E-state index contributed by atoms with van der Waals surface area (Å²) >= 11 is 0. The molecule has 0 radical (unpaired) electrons. The number of esters is 1. The Kier molecular flexibility index (Phi) is 10.4. The SMILES string of the molecule is COC(=O)[C@H](Cc1ccc(C#N)cc1)Nc1nc(NCc2nc3ccc(F)cc3[nH]2)nc(Nc2cccc(CN3CCN(C(C)=O)CC3)c2)n1. The fourth-order valence-corrected chi connectivity index (χ4v) is 5.65. The number of methoxy groups -OCH3 is 1. The van der Waals surface area contributed by atoms with Gasteiger partial charge in [-0.25, -0.2) is 14.2 Å². The third kappa shape index (κ3) is 8.65. The van der Waals surface area contributed by atoms with Crippen LogP contribution in [0.25, 0.3) is 11.0 Å². The van der Waals surface area contributed by atoms with Crippen molar-refractivity contribution in [2.75, 3.05) is 49.2 Å². The number of rotatable bonds is 12. The maximum absolute atomic E-state index is 13.7. The molecular formula is C35H36FN11O3. The van der Waals surface area contributed by atoms with Gasteiger partial charge < -0.3 is 30.6 Å². The largest absolute Gasteiger partial charge is 0.467 e. The van der Waals surface area contributed by atoms with E-state index < -0.39 is 12.0 Å². The number of hydrogen-bond acceptors (Lipinski definition) is 12. The van der Waals surface area contributed by atoms with Crippen molar-refractivity contribution in [1.82, 2.24) is 34.7 Å². The Morgan fingerprint density at radius 3 is 2.46 bits per heavy atom. The van der Waals surface area contributed by atoms with Crippen molar-refractivity contribution in [2.45, 2.75) is 32.5 Å². The van der Waals surface area contributed by atoms with Crippen molar-refractivity contribution >= 4 is 46.4 Å². The molecule has 6 rings (SSSR count). The summed E-state index contributed by atoms with van der Waals surface area (Å²) in [7, 11) is 1.30. The molecule has 1 saturated heterocycles. The van der Waals surface area contributed by atoms with Crippen molar-refractivity contribution < 1.29 is 18.7 Å². The zero-order valence-electron chi connectivity index (χ0n) is 27.6. The first kappa shape index (κ1) is 33.7. The van der Waals surface area contributed by atoms with E-state index in [-0.39, 0.29) is 42.5 Å². The number of hydrogen-bond donors (Lipinski definition) is 4. The van der Waals surface area contributed by atoms with Crippen LogP contribution >= 0.6 is 0 Å². The number of nitriles is 1. The maximum atomic E-state index is 13.7. The fraction of sp³-hybridized carbons (Fsp3) is 0.286. The van der Waals surface area contributed by atoms with E-state index in [2.05, 4.69) is 51.8 Å². The van der Waals surface area contributed by atoms with Gasteiger partial charge in [0.05, 0.1) is 36.3 Å². The first-order valence-electron chi connectivity index (χ1n) is 16.1. The smallest absolute Gasteiger partial charge is 0.328 e. The summed E-state index contributed by atoms with van der Waals surface area (Å²) in [6.45, 7) is 5.49. The van der Waals surface area contributed by atoms with Crippen LogP contribution in [0.4, 0.5) is 27.9 Å². The van der Waals surface area contributed by atoms with Gasteiger partial charge in [0.15, 0.2) is 0 Å². The normalized spacial score (nSPS) is 13.8. The average Bonchev–Trinajstić information content (AvgIpc) is 3.53. The molecule has 50 heavy (non-hydrogen) atoms. The van der Waals surface area contributed by atoms with Gasteiger partial charge in [-0.1, -0.05) is 24.3 Å². The Bertz CT molecular complexity index is 2020. The zero-order chi connectivity index (χ0) is 35.0. The van der Waals surface area contributed by atoms with Gasteiger partial charge in [0.2, 0.25) is 23.8 Å². The summed E-state index contributed by atoms with van der Waals surface area (Å²) in [5.74, 6) is 0.260. The van der Waals surface area contributed by atoms with E-state index in [1.165, 1.54) is 19.2 Å². The molecule has 0 bridgehead atoms. The molecule has 1 fully saturated rings. The van der Waals surface area contributed by atoms with E-state index in [0.717, 1.165) is 36.4 Å². The molecule has 3 aromatic carbocycles. The Balaban J connectivity index is 1.23. The Morgan fingerprint density at radius 1 is 0.960 bits per heavy atom. The third-order valence-electron chi connectivity index (χ3n) is 8.26. The highest BCUT2D eigenvalue weighted by molar-refractivity contribution is 5.79.